The summed E-state index contributed by atoms with van der Waals surface area (Å²) in [5.74, 6) is 1.31. The van der Waals surface area contributed by atoms with Crippen molar-refractivity contribution in [3.8, 4) is 11.3 Å². The fraction of sp³-hybridized carbons (Fsp3) is 0.368. The molecular weight excluding hydrogens is 348 g/mol. The van der Waals surface area contributed by atoms with Crippen LogP contribution in [0.4, 0.5) is 0 Å². The first-order valence-corrected chi connectivity index (χ1v) is 8.99. The van der Waals surface area contributed by atoms with E-state index >= 15 is 0 Å². The molecule has 0 radical (unpaired) electrons. The number of aliphatic hydroxyl groups excluding tert-OH is 1. The maximum Gasteiger partial charge on any atom is 0.273 e. The van der Waals surface area contributed by atoms with E-state index in [0.717, 1.165) is 31.2 Å². The number of nitrogens with one attached hydrogen (secondary N) is 1. The Morgan fingerprint density at radius 2 is 1.93 bits per heavy atom. The molecule has 8 nitrogen and oxygen atoms in total. The van der Waals surface area contributed by atoms with Gasteiger partial charge in [-0.3, -0.25) is 4.79 Å². The van der Waals surface area contributed by atoms with Gasteiger partial charge in [0.05, 0.1) is 0 Å². The van der Waals surface area contributed by atoms with Crippen LogP contribution in [0, 0.1) is 0 Å². The number of amides is 1. The van der Waals surface area contributed by atoms with E-state index < -0.39 is 0 Å². The standard InChI is InChI=1S/C19H20N4O4/c24-11-17-21-22-19(26-17)13-6-8-14(9-7-13)20-18(25)15-10-16(27-23-15)12-4-2-1-3-5-12/h1-5,10,13-14,24H,6-9,11H2,(H,20,25)/t13-,14-. The van der Waals surface area contributed by atoms with E-state index in [2.05, 4.69) is 20.7 Å². The minimum Gasteiger partial charge on any atom is -0.422 e. The Morgan fingerprint density at radius 1 is 1.15 bits per heavy atom. The summed E-state index contributed by atoms with van der Waals surface area (Å²) in [5.41, 5.74) is 1.16. The minimum atomic E-state index is -0.249. The zero-order chi connectivity index (χ0) is 18.6. The van der Waals surface area contributed by atoms with Crippen LogP contribution in [-0.4, -0.2) is 32.4 Å². The third kappa shape index (κ3) is 3.90. The fourth-order valence-corrected chi connectivity index (χ4v) is 3.36. The van der Waals surface area contributed by atoms with Gasteiger partial charge in [0.15, 0.2) is 11.5 Å². The number of hydrogen-bond acceptors (Lipinski definition) is 7. The van der Waals surface area contributed by atoms with Gasteiger partial charge in [-0.05, 0) is 25.7 Å². The molecule has 1 fully saturated rings. The highest BCUT2D eigenvalue weighted by Gasteiger charge is 2.28. The van der Waals surface area contributed by atoms with Crippen molar-refractivity contribution in [2.45, 2.75) is 44.2 Å². The van der Waals surface area contributed by atoms with Crippen LogP contribution in [0.25, 0.3) is 11.3 Å². The van der Waals surface area contributed by atoms with Crippen molar-refractivity contribution in [2.24, 2.45) is 0 Å². The van der Waals surface area contributed by atoms with E-state index in [1.165, 1.54) is 0 Å². The minimum absolute atomic E-state index is 0.0749. The van der Waals surface area contributed by atoms with Crippen LogP contribution in [0.3, 0.4) is 0 Å². The van der Waals surface area contributed by atoms with Gasteiger partial charge >= 0.3 is 0 Å². The Bertz CT molecular complexity index is 897. The molecule has 0 spiro atoms. The largest absolute Gasteiger partial charge is 0.422 e. The molecule has 0 bridgehead atoms. The van der Waals surface area contributed by atoms with Gasteiger partial charge in [0.2, 0.25) is 11.8 Å². The van der Waals surface area contributed by atoms with Crippen LogP contribution in [0.5, 0.6) is 0 Å². The summed E-state index contributed by atoms with van der Waals surface area (Å²) in [6.45, 7) is -0.249. The van der Waals surface area contributed by atoms with E-state index in [4.69, 9.17) is 14.0 Å². The van der Waals surface area contributed by atoms with Gasteiger partial charge in [-0.25, -0.2) is 0 Å². The molecule has 1 amide bonds. The first-order chi connectivity index (χ1) is 13.2. The lowest BCUT2D eigenvalue weighted by Crippen LogP contribution is -2.37. The van der Waals surface area contributed by atoms with Gasteiger partial charge in [-0.15, -0.1) is 10.2 Å². The number of nitrogens with zero attached hydrogens (tertiary/aromatic N) is 3. The van der Waals surface area contributed by atoms with Crippen molar-refractivity contribution in [1.82, 2.24) is 20.7 Å². The Balaban J connectivity index is 1.32. The van der Waals surface area contributed by atoms with E-state index in [1.54, 1.807) is 6.07 Å². The van der Waals surface area contributed by atoms with E-state index in [0.29, 0.717) is 11.7 Å². The maximum atomic E-state index is 12.4. The normalized spacial score (nSPS) is 19.7. The quantitative estimate of drug-likeness (QED) is 0.711. The average molecular weight is 368 g/mol. The molecule has 2 aromatic heterocycles. The first kappa shape index (κ1) is 17.4. The summed E-state index contributed by atoms with van der Waals surface area (Å²) in [6, 6.07) is 11.3. The van der Waals surface area contributed by atoms with E-state index in [9.17, 15) is 4.79 Å². The van der Waals surface area contributed by atoms with Crippen molar-refractivity contribution >= 4 is 5.91 Å². The predicted octanol–water partition coefficient (Wildman–Crippen LogP) is 2.67. The van der Waals surface area contributed by atoms with Crippen molar-refractivity contribution < 1.29 is 18.8 Å². The van der Waals surface area contributed by atoms with Crippen LogP contribution in [0.1, 0.15) is 53.9 Å². The van der Waals surface area contributed by atoms with Gasteiger partial charge in [0.1, 0.15) is 6.61 Å². The molecule has 0 aliphatic heterocycles. The van der Waals surface area contributed by atoms with Gasteiger partial charge in [0, 0.05) is 23.6 Å². The third-order valence-corrected chi connectivity index (χ3v) is 4.83. The molecule has 4 rings (SSSR count). The lowest BCUT2D eigenvalue weighted by Gasteiger charge is -2.26. The molecule has 8 heteroatoms. The zero-order valence-electron chi connectivity index (χ0n) is 14.7. The predicted molar refractivity (Wildman–Crippen MR) is 94.6 cm³/mol. The molecule has 2 N–H and O–H groups in total. The number of aliphatic hydroxyl groups is 1. The Kier molecular flexibility index (Phi) is 4.97. The molecule has 1 aliphatic rings. The average Bonchev–Trinajstić information content (AvgIpc) is 3.39. The number of carbonyl (C=O) groups is 1. The summed E-state index contributed by atoms with van der Waals surface area (Å²) in [4.78, 5) is 12.4. The second kappa shape index (κ2) is 7.71. The lowest BCUT2D eigenvalue weighted by atomic mass is 9.86. The number of hydrogen-bond donors (Lipinski definition) is 2. The van der Waals surface area contributed by atoms with Gasteiger partial charge in [0.25, 0.3) is 5.91 Å². The number of benzene rings is 1. The highest BCUT2D eigenvalue weighted by atomic mass is 16.5. The molecule has 3 aromatic rings. The molecule has 27 heavy (non-hydrogen) atoms. The van der Waals surface area contributed by atoms with Crippen molar-refractivity contribution in [3.63, 3.8) is 0 Å². The highest BCUT2D eigenvalue weighted by molar-refractivity contribution is 5.93. The molecule has 1 saturated carbocycles. The van der Waals surface area contributed by atoms with Gasteiger partial charge < -0.3 is 19.4 Å². The number of aromatic nitrogens is 3. The second-order valence-electron chi connectivity index (χ2n) is 6.66. The summed E-state index contributed by atoms with van der Waals surface area (Å²) in [5, 5.41) is 23.7. The van der Waals surface area contributed by atoms with Crippen LogP contribution < -0.4 is 5.32 Å². The van der Waals surface area contributed by atoms with E-state index in [1.807, 2.05) is 30.3 Å². The van der Waals surface area contributed by atoms with E-state index in [-0.39, 0.29) is 36.1 Å². The van der Waals surface area contributed by atoms with Crippen molar-refractivity contribution in [3.05, 3.63) is 53.9 Å². The molecule has 1 aliphatic carbocycles. The van der Waals surface area contributed by atoms with Crippen LogP contribution in [-0.2, 0) is 6.61 Å². The summed E-state index contributed by atoms with van der Waals surface area (Å²) in [7, 11) is 0. The molecule has 1 aromatic carbocycles. The molecule has 140 valence electrons. The fourth-order valence-electron chi connectivity index (χ4n) is 3.36. The number of rotatable bonds is 5. The van der Waals surface area contributed by atoms with Crippen LogP contribution in [0.15, 0.2) is 45.3 Å². The van der Waals surface area contributed by atoms with Crippen LogP contribution in [0.2, 0.25) is 0 Å². The summed E-state index contributed by atoms with van der Waals surface area (Å²) in [6.07, 6.45) is 3.31. The molecule has 0 unspecified atom stereocenters. The maximum absolute atomic E-state index is 12.4. The Labute approximate surface area is 155 Å². The molecule has 0 saturated heterocycles. The first-order valence-electron chi connectivity index (χ1n) is 8.99. The topological polar surface area (TPSA) is 114 Å². The summed E-state index contributed by atoms with van der Waals surface area (Å²) >= 11 is 0. The van der Waals surface area contributed by atoms with Gasteiger partial charge in [-0.1, -0.05) is 35.5 Å². The second-order valence-corrected chi connectivity index (χ2v) is 6.66. The van der Waals surface area contributed by atoms with Crippen LogP contribution >= 0.6 is 0 Å². The Morgan fingerprint density at radius 3 is 2.63 bits per heavy atom. The Hall–Kier alpha value is -3.00. The van der Waals surface area contributed by atoms with Crippen molar-refractivity contribution in [2.75, 3.05) is 0 Å². The van der Waals surface area contributed by atoms with Crippen molar-refractivity contribution in [1.29, 1.82) is 0 Å². The van der Waals surface area contributed by atoms with Gasteiger partial charge in [-0.2, -0.15) is 0 Å². The monoisotopic (exact) mass is 368 g/mol. The summed E-state index contributed by atoms with van der Waals surface area (Å²) < 4.78 is 10.7. The smallest absolute Gasteiger partial charge is 0.273 e. The number of carbonyl (C=O) groups excluding carboxylic acids is 1. The SMILES string of the molecule is O=C(N[C@H]1CC[C@H](c2nnc(CO)o2)CC1)c1cc(-c2ccccc2)on1. The molecular formula is C19H20N4O4. The third-order valence-electron chi connectivity index (χ3n) is 4.83. The lowest BCUT2D eigenvalue weighted by molar-refractivity contribution is 0.0915. The zero-order valence-corrected chi connectivity index (χ0v) is 14.7. The molecule has 0 atom stereocenters. The molecule has 2 heterocycles. The highest BCUT2D eigenvalue weighted by Crippen LogP contribution is 2.32.